The van der Waals surface area contributed by atoms with Crippen molar-refractivity contribution in [3.63, 3.8) is 0 Å². The molecule has 3 aromatic rings. The Balaban J connectivity index is 2.25. The van der Waals surface area contributed by atoms with Crippen molar-refractivity contribution in [2.24, 2.45) is 0 Å². The molecule has 2 heterocycles. The van der Waals surface area contributed by atoms with Crippen molar-refractivity contribution in [3.8, 4) is 5.69 Å². The van der Waals surface area contributed by atoms with Crippen LogP contribution in [0.1, 0.15) is 16.1 Å². The van der Waals surface area contributed by atoms with E-state index in [0.29, 0.717) is 22.4 Å². The maximum Gasteiger partial charge on any atom is 0.341 e. The number of anilines is 1. The van der Waals surface area contributed by atoms with Crippen molar-refractivity contribution < 1.29 is 13.9 Å². The lowest BCUT2D eigenvalue weighted by Crippen LogP contribution is -2.10. The number of nitrogen functional groups attached to an aromatic ring is 1. The predicted molar refractivity (Wildman–Crippen MR) is 79.3 cm³/mol. The highest BCUT2D eigenvalue weighted by Gasteiger charge is 2.20. The van der Waals surface area contributed by atoms with Gasteiger partial charge in [0.2, 0.25) is 0 Å². The van der Waals surface area contributed by atoms with Crippen molar-refractivity contribution in [1.29, 1.82) is 0 Å². The molecule has 6 nitrogen and oxygen atoms in total. The van der Waals surface area contributed by atoms with Crippen LogP contribution in [-0.4, -0.2) is 27.8 Å². The first-order valence-corrected chi connectivity index (χ1v) is 6.51. The minimum Gasteiger partial charge on any atom is -0.465 e. The van der Waals surface area contributed by atoms with E-state index >= 15 is 0 Å². The molecule has 112 valence electrons. The van der Waals surface area contributed by atoms with Gasteiger partial charge in [-0.1, -0.05) is 0 Å². The quantitative estimate of drug-likeness (QED) is 0.734. The molecule has 0 aliphatic heterocycles. The summed E-state index contributed by atoms with van der Waals surface area (Å²) in [4.78, 5) is 16.2. The average Bonchev–Trinajstić information content (AvgIpc) is 2.91. The van der Waals surface area contributed by atoms with Crippen molar-refractivity contribution in [3.05, 3.63) is 47.5 Å². The average molecular weight is 300 g/mol. The van der Waals surface area contributed by atoms with E-state index in [1.165, 1.54) is 25.4 Å². The molecule has 7 heteroatoms. The van der Waals surface area contributed by atoms with Gasteiger partial charge in [-0.2, -0.15) is 5.10 Å². The number of hydrogen-bond acceptors (Lipinski definition) is 5. The van der Waals surface area contributed by atoms with E-state index in [4.69, 9.17) is 10.5 Å². The first-order valence-electron chi connectivity index (χ1n) is 6.51. The third kappa shape index (κ3) is 2.07. The molecule has 0 saturated heterocycles. The summed E-state index contributed by atoms with van der Waals surface area (Å²) in [5.41, 5.74) is 8.14. The fourth-order valence-corrected chi connectivity index (χ4v) is 2.31. The Morgan fingerprint density at radius 1 is 1.32 bits per heavy atom. The van der Waals surface area contributed by atoms with Crippen LogP contribution in [-0.2, 0) is 4.74 Å². The fourth-order valence-electron chi connectivity index (χ4n) is 2.31. The highest BCUT2D eigenvalue weighted by atomic mass is 19.1. The van der Waals surface area contributed by atoms with Crippen LogP contribution < -0.4 is 5.73 Å². The van der Waals surface area contributed by atoms with Gasteiger partial charge in [0.1, 0.15) is 11.4 Å². The maximum absolute atomic E-state index is 13.0. The smallest absolute Gasteiger partial charge is 0.341 e. The number of rotatable bonds is 2. The van der Waals surface area contributed by atoms with E-state index < -0.39 is 5.97 Å². The topological polar surface area (TPSA) is 83.0 Å². The van der Waals surface area contributed by atoms with E-state index in [9.17, 15) is 9.18 Å². The SMILES string of the molecule is COC(=O)c1c(C)nc2c(cnn2-c2ccc(F)cc2)c1N. The van der Waals surface area contributed by atoms with Crippen LogP contribution in [0.2, 0.25) is 0 Å². The van der Waals surface area contributed by atoms with Crippen molar-refractivity contribution in [1.82, 2.24) is 14.8 Å². The summed E-state index contributed by atoms with van der Waals surface area (Å²) >= 11 is 0. The lowest BCUT2D eigenvalue weighted by atomic mass is 10.1. The molecule has 0 bridgehead atoms. The van der Waals surface area contributed by atoms with Crippen molar-refractivity contribution >= 4 is 22.7 Å². The minimum atomic E-state index is -0.543. The van der Waals surface area contributed by atoms with Crippen molar-refractivity contribution in [2.75, 3.05) is 12.8 Å². The van der Waals surface area contributed by atoms with Gasteiger partial charge >= 0.3 is 5.97 Å². The van der Waals surface area contributed by atoms with E-state index in [0.717, 1.165) is 0 Å². The summed E-state index contributed by atoms with van der Waals surface area (Å²) in [6.45, 7) is 1.67. The molecule has 0 radical (unpaired) electrons. The van der Waals surface area contributed by atoms with Gasteiger partial charge in [-0.15, -0.1) is 0 Å². The number of esters is 1. The van der Waals surface area contributed by atoms with E-state index in [-0.39, 0.29) is 17.1 Å². The second-order valence-corrected chi connectivity index (χ2v) is 4.75. The second kappa shape index (κ2) is 5.10. The first kappa shape index (κ1) is 14.0. The van der Waals surface area contributed by atoms with Gasteiger partial charge in [-0.25, -0.2) is 18.9 Å². The molecule has 2 N–H and O–H groups in total. The van der Waals surface area contributed by atoms with Gasteiger partial charge in [0.05, 0.1) is 35.8 Å². The molecule has 3 rings (SSSR count). The van der Waals surface area contributed by atoms with Crippen LogP contribution in [0.4, 0.5) is 10.1 Å². The van der Waals surface area contributed by atoms with Crippen LogP contribution in [0.3, 0.4) is 0 Å². The van der Waals surface area contributed by atoms with Gasteiger partial charge in [-0.3, -0.25) is 0 Å². The molecule has 0 spiro atoms. The third-order valence-electron chi connectivity index (χ3n) is 3.40. The summed E-state index contributed by atoms with van der Waals surface area (Å²) in [7, 11) is 1.29. The van der Waals surface area contributed by atoms with Crippen LogP contribution >= 0.6 is 0 Å². The van der Waals surface area contributed by atoms with Gasteiger partial charge in [-0.05, 0) is 31.2 Å². The number of aromatic nitrogens is 3. The first-order chi connectivity index (χ1) is 10.5. The Kier molecular flexibility index (Phi) is 3.25. The van der Waals surface area contributed by atoms with Crippen LogP contribution in [0.25, 0.3) is 16.7 Å². The molecule has 0 unspecified atom stereocenters. The number of ether oxygens (including phenoxy) is 1. The van der Waals surface area contributed by atoms with Crippen molar-refractivity contribution in [2.45, 2.75) is 6.92 Å². The molecule has 2 aromatic heterocycles. The third-order valence-corrected chi connectivity index (χ3v) is 3.40. The number of hydrogen-bond donors (Lipinski definition) is 1. The summed E-state index contributed by atoms with van der Waals surface area (Å²) in [6, 6.07) is 5.84. The Morgan fingerprint density at radius 2 is 2.00 bits per heavy atom. The number of nitrogens with zero attached hydrogens (tertiary/aromatic N) is 3. The van der Waals surface area contributed by atoms with Gasteiger partial charge < -0.3 is 10.5 Å². The molecule has 22 heavy (non-hydrogen) atoms. The highest BCUT2D eigenvalue weighted by molar-refractivity contribution is 6.04. The number of fused-ring (bicyclic) bond motifs is 1. The molecule has 0 saturated carbocycles. The normalized spacial score (nSPS) is 10.9. The van der Waals surface area contributed by atoms with E-state index in [1.54, 1.807) is 23.7 Å². The zero-order valence-corrected chi connectivity index (χ0v) is 12.0. The number of carbonyl (C=O) groups excluding carboxylic acids is 1. The molecule has 0 aliphatic carbocycles. The molecule has 1 aromatic carbocycles. The summed E-state index contributed by atoms with van der Waals surface area (Å²) in [5, 5.41) is 4.76. The molecule has 0 amide bonds. The molecular weight excluding hydrogens is 287 g/mol. The standard InChI is InChI=1S/C15H13FN4O2/c1-8-12(15(21)22-2)13(17)11-7-18-20(14(11)19-8)10-5-3-9(16)4-6-10/h3-7H,1-2H3,(H2,17,19). The lowest BCUT2D eigenvalue weighted by Gasteiger charge is -2.09. The van der Waals surface area contributed by atoms with Gasteiger partial charge in [0.25, 0.3) is 0 Å². The number of pyridine rings is 1. The fraction of sp³-hybridized carbons (Fsp3) is 0.133. The number of carbonyl (C=O) groups is 1. The van der Waals surface area contributed by atoms with Gasteiger partial charge in [0, 0.05) is 0 Å². The Morgan fingerprint density at radius 3 is 2.64 bits per heavy atom. The second-order valence-electron chi connectivity index (χ2n) is 4.75. The number of halogens is 1. The zero-order valence-electron chi connectivity index (χ0n) is 12.0. The summed E-state index contributed by atoms with van der Waals surface area (Å²) in [6.07, 6.45) is 1.52. The largest absolute Gasteiger partial charge is 0.465 e. The zero-order chi connectivity index (χ0) is 15.9. The van der Waals surface area contributed by atoms with Gasteiger partial charge in [0.15, 0.2) is 5.65 Å². The molecule has 0 atom stereocenters. The van der Waals surface area contributed by atoms with E-state index in [2.05, 4.69) is 10.1 Å². The Hall–Kier alpha value is -2.96. The van der Waals surface area contributed by atoms with Crippen LogP contribution in [0.5, 0.6) is 0 Å². The van der Waals surface area contributed by atoms with Crippen LogP contribution in [0, 0.1) is 12.7 Å². The maximum atomic E-state index is 13.0. The molecular formula is C15H13FN4O2. The highest BCUT2D eigenvalue weighted by Crippen LogP contribution is 2.27. The minimum absolute atomic E-state index is 0.230. The summed E-state index contributed by atoms with van der Waals surface area (Å²) in [5.74, 6) is -0.879. The Labute approximate surface area is 125 Å². The predicted octanol–water partition coefficient (Wildman–Crippen LogP) is 2.24. The Bertz CT molecular complexity index is 871. The number of methoxy groups -OCH3 is 1. The molecule has 0 aliphatic rings. The monoisotopic (exact) mass is 300 g/mol. The van der Waals surface area contributed by atoms with Crippen LogP contribution in [0.15, 0.2) is 30.5 Å². The lowest BCUT2D eigenvalue weighted by molar-refractivity contribution is 0.0601. The summed E-state index contributed by atoms with van der Waals surface area (Å²) < 4.78 is 19.3. The van der Waals surface area contributed by atoms with E-state index in [1.807, 2.05) is 0 Å². The number of aryl methyl sites for hydroxylation is 1. The molecule has 0 fully saturated rings. The number of nitrogens with two attached hydrogens (primary N) is 1. The number of benzene rings is 1.